The second-order valence-electron chi connectivity index (χ2n) is 5.03. The molecule has 0 bridgehead atoms. The molecule has 0 aliphatic carbocycles. The van der Waals surface area contributed by atoms with Crippen LogP contribution in [0.1, 0.15) is 18.0 Å². The molecule has 5 nitrogen and oxygen atoms in total. The van der Waals surface area contributed by atoms with Crippen molar-refractivity contribution in [2.45, 2.75) is 18.5 Å². The molecule has 0 radical (unpaired) electrons. The third-order valence-electron chi connectivity index (χ3n) is 3.52. The van der Waals surface area contributed by atoms with Gasteiger partial charge in [0, 0.05) is 24.1 Å². The van der Waals surface area contributed by atoms with Gasteiger partial charge in [0.1, 0.15) is 11.9 Å². The van der Waals surface area contributed by atoms with E-state index in [1.165, 1.54) is 18.2 Å². The van der Waals surface area contributed by atoms with E-state index in [1.807, 2.05) is 12.1 Å². The predicted octanol–water partition coefficient (Wildman–Crippen LogP) is 2.42. The smallest absolute Gasteiger partial charge is 0.242 e. The summed E-state index contributed by atoms with van der Waals surface area (Å²) >= 11 is 5.70. The Morgan fingerprint density at radius 3 is 2.77 bits per heavy atom. The van der Waals surface area contributed by atoms with Crippen LogP contribution in [0.25, 0.3) is 0 Å². The number of halogens is 2. The third-order valence-corrected chi connectivity index (χ3v) is 3.80. The van der Waals surface area contributed by atoms with Crippen LogP contribution in [0.2, 0.25) is 5.02 Å². The average molecular weight is 321 g/mol. The predicted molar refractivity (Wildman–Crippen MR) is 81.7 cm³/mol. The fourth-order valence-electron chi connectivity index (χ4n) is 2.35. The normalized spacial score (nSPS) is 20.8. The number of nitrogens with one attached hydrogen (secondary N) is 3. The third kappa shape index (κ3) is 3.24. The molecule has 1 fully saturated rings. The van der Waals surface area contributed by atoms with Crippen molar-refractivity contribution < 1.29 is 9.18 Å². The van der Waals surface area contributed by atoms with E-state index in [1.54, 1.807) is 12.4 Å². The number of hydrogen-bond donors (Lipinski definition) is 3. The van der Waals surface area contributed by atoms with Crippen LogP contribution in [-0.4, -0.2) is 16.9 Å². The molecule has 3 rings (SSSR count). The van der Waals surface area contributed by atoms with Crippen molar-refractivity contribution in [2.75, 3.05) is 5.32 Å². The van der Waals surface area contributed by atoms with E-state index in [-0.39, 0.29) is 23.0 Å². The van der Waals surface area contributed by atoms with Crippen molar-refractivity contribution >= 4 is 23.2 Å². The number of amides is 1. The Kier molecular flexibility index (Phi) is 4.33. The molecule has 2 aromatic rings. The maximum Gasteiger partial charge on any atom is 0.242 e. The summed E-state index contributed by atoms with van der Waals surface area (Å²) in [7, 11) is 0. The van der Waals surface area contributed by atoms with Crippen molar-refractivity contribution in [1.82, 2.24) is 15.8 Å². The van der Waals surface area contributed by atoms with Crippen LogP contribution in [0.15, 0.2) is 42.7 Å². The number of rotatable bonds is 3. The highest BCUT2D eigenvalue weighted by Crippen LogP contribution is 2.23. The van der Waals surface area contributed by atoms with Crippen molar-refractivity contribution in [3.05, 3.63) is 59.1 Å². The van der Waals surface area contributed by atoms with Crippen LogP contribution in [-0.2, 0) is 4.79 Å². The zero-order valence-corrected chi connectivity index (χ0v) is 12.3. The highest BCUT2D eigenvalue weighted by Gasteiger charge is 2.30. The minimum Gasteiger partial charge on any atom is -0.325 e. The molecule has 0 spiro atoms. The number of aromatic nitrogens is 1. The van der Waals surface area contributed by atoms with Gasteiger partial charge in [-0.15, -0.1) is 0 Å². The number of carbonyl (C=O) groups excluding carboxylic acids is 1. The number of anilines is 1. The molecule has 1 aliphatic heterocycles. The summed E-state index contributed by atoms with van der Waals surface area (Å²) in [4.78, 5) is 16.2. The topological polar surface area (TPSA) is 66.0 Å². The maximum atomic E-state index is 13.1. The molecular weight excluding hydrogens is 307 g/mol. The van der Waals surface area contributed by atoms with Crippen LogP contribution < -0.4 is 16.2 Å². The minimum atomic E-state index is -0.516. The highest BCUT2D eigenvalue weighted by atomic mass is 35.5. The van der Waals surface area contributed by atoms with Gasteiger partial charge in [0.15, 0.2) is 0 Å². The number of nitrogens with zero attached hydrogens (tertiary/aromatic N) is 1. The second kappa shape index (κ2) is 6.39. The van der Waals surface area contributed by atoms with Gasteiger partial charge in [-0.3, -0.25) is 9.78 Å². The maximum absolute atomic E-state index is 13.1. The second-order valence-corrected chi connectivity index (χ2v) is 5.44. The molecule has 1 amide bonds. The van der Waals surface area contributed by atoms with Crippen molar-refractivity contribution in [3.63, 3.8) is 0 Å². The minimum absolute atomic E-state index is 0.0232. The molecule has 1 saturated heterocycles. The zero-order chi connectivity index (χ0) is 15.5. The van der Waals surface area contributed by atoms with E-state index in [9.17, 15) is 9.18 Å². The molecule has 1 aromatic heterocycles. The number of benzene rings is 1. The Hall–Kier alpha value is -2.02. The van der Waals surface area contributed by atoms with E-state index in [4.69, 9.17) is 11.6 Å². The fraction of sp³-hybridized carbons (Fsp3) is 0.200. The first-order valence-corrected chi connectivity index (χ1v) is 7.18. The summed E-state index contributed by atoms with van der Waals surface area (Å²) in [6.07, 6.45) is 4.03. The molecule has 3 N–H and O–H groups in total. The largest absolute Gasteiger partial charge is 0.325 e. The summed E-state index contributed by atoms with van der Waals surface area (Å²) in [5.74, 6) is -0.718. The molecule has 114 valence electrons. The van der Waals surface area contributed by atoms with Gasteiger partial charge in [-0.05, 0) is 42.3 Å². The number of carbonyl (C=O) groups is 1. The lowest BCUT2D eigenvalue weighted by Gasteiger charge is -2.11. The monoisotopic (exact) mass is 320 g/mol. The van der Waals surface area contributed by atoms with E-state index in [0.29, 0.717) is 12.1 Å². The molecule has 1 aliphatic rings. The lowest BCUT2D eigenvalue weighted by Crippen LogP contribution is -2.39. The average Bonchev–Trinajstić information content (AvgIpc) is 3.02. The first kappa shape index (κ1) is 14.9. The van der Waals surface area contributed by atoms with Gasteiger partial charge in [0.25, 0.3) is 0 Å². The molecule has 2 unspecified atom stereocenters. The first-order chi connectivity index (χ1) is 10.6. The van der Waals surface area contributed by atoms with Gasteiger partial charge in [0.05, 0.1) is 5.02 Å². The van der Waals surface area contributed by atoms with Gasteiger partial charge < -0.3 is 5.32 Å². The van der Waals surface area contributed by atoms with E-state index >= 15 is 0 Å². The Labute approximate surface area is 131 Å². The molecule has 0 saturated carbocycles. The standard InChI is InChI=1S/C15H14ClFN4O/c16-11-7-10(1-2-12(11)17)19-15(22)14-8-13(20-21-14)9-3-5-18-6-4-9/h1-7,13-14,20-21H,8H2,(H,19,22). The number of pyridine rings is 1. The Morgan fingerprint density at radius 1 is 1.27 bits per heavy atom. The van der Waals surface area contributed by atoms with Crippen molar-refractivity contribution in [3.8, 4) is 0 Å². The molecule has 7 heteroatoms. The van der Waals surface area contributed by atoms with Crippen LogP contribution in [0.3, 0.4) is 0 Å². The lowest BCUT2D eigenvalue weighted by atomic mass is 10.0. The summed E-state index contributed by atoms with van der Waals surface area (Å²) in [6, 6.07) is 7.54. The first-order valence-electron chi connectivity index (χ1n) is 6.80. The highest BCUT2D eigenvalue weighted by molar-refractivity contribution is 6.31. The molecule has 1 aromatic carbocycles. The van der Waals surface area contributed by atoms with Gasteiger partial charge in [-0.25, -0.2) is 15.2 Å². The summed E-state index contributed by atoms with van der Waals surface area (Å²) < 4.78 is 13.1. The van der Waals surface area contributed by atoms with Gasteiger partial charge >= 0.3 is 0 Å². The molecule has 22 heavy (non-hydrogen) atoms. The Balaban J connectivity index is 1.63. The van der Waals surface area contributed by atoms with E-state index in [0.717, 1.165) is 5.56 Å². The Bertz CT molecular complexity index is 682. The van der Waals surface area contributed by atoms with Gasteiger partial charge in [-0.1, -0.05) is 11.6 Å². The summed E-state index contributed by atoms with van der Waals surface area (Å²) in [6.45, 7) is 0. The SMILES string of the molecule is O=C(Nc1ccc(F)c(Cl)c1)C1CC(c2ccncc2)NN1. The molecule has 2 heterocycles. The Morgan fingerprint density at radius 2 is 2.05 bits per heavy atom. The zero-order valence-electron chi connectivity index (χ0n) is 11.5. The van der Waals surface area contributed by atoms with Crippen LogP contribution >= 0.6 is 11.6 Å². The number of hydrogen-bond acceptors (Lipinski definition) is 4. The quantitative estimate of drug-likeness (QED) is 0.812. The lowest BCUT2D eigenvalue weighted by molar-refractivity contribution is -0.117. The van der Waals surface area contributed by atoms with Crippen LogP contribution in [0, 0.1) is 5.82 Å². The van der Waals surface area contributed by atoms with Crippen molar-refractivity contribution in [1.29, 1.82) is 0 Å². The molecular formula is C15H14ClFN4O. The van der Waals surface area contributed by atoms with Gasteiger partial charge in [-0.2, -0.15) is 0 Å². The van der Waals surface area contributed by atoms with Crippen LogP contribution in [0.5, 0.6) is 0 Å². The van der Waals surface area contributed by atoms with E-state index < -0.39 is 5.82 Å². The molecule has 2 atom stereocenters. The number of hydrazine groups is 1. The summed E-state index contributed by atoms with van der Waals surface area (Å²) in [5, 5.41) is 2.70. The van der Waals surface area contributed by atoms with E-state index in [2.05, 4.69) is 21.2 Å². The summed E-state index contributed by atoms with van der Waals surface area (Å²) in [5.41, 5.74) is 7.57. The van der Waals surface area contributed by atoms with Crippen LogP contribution in [0.4, 0.5) is 10.1 Å². The van der Waals surface area contributed by atoms with Gasteiger partial charge in [0.2, 0.25) is 5.91 Å². The fourth-order valence-corrected chi connectivity index (χ4v) is 2.53. The van der Waals surface area contributed by atoms with Crippen molar-refractivity contribution in [2.24, 2.45) is 0 Å².